The minimum absolute atomic E-state index is 0.181. The molecule has 0 radical (unpaired) electrons. The maximum absolute atomic E-state index is 6.28. The van der Waals surface area contributed by atoms with E-state index in [-0.39, 0.29) is 11.5 Å². The first-order chi connectivity index (χ1) is 7.46. The van der Waals surface area contributed by atoms with Crippen LogP contribution in [0.3, 0.4) is 0 Å². The third kappa shape index (κ3) is 3.34. The molecule has 2 N–H and O–H groups in total. The molecule has 0 saturated heterocycles. The van der Waals surface area contributed by atoms with E-state index in [1.807, 2.05) is 0 Å². The normalized spacial score (nSPS) is 13.8. The van der Waals surface area contributed by atoms with Gasteiger partial charge in [0.25, 0.3) is 0 Å². The Hall–Kier alpha value is -0.820. The highest BCUT2D eigenvalue weighted by Gasteiger charge is 2.20. The summed E-state index contributed by atoms with van der Waals surface area (Å²) < 4.78 is 0. The summed E-state index contributed by atoms with van der Waals surface area (Å²) in [6.45, 7) is 8.96. The van der Waals surface area contributed by atoms with Crippen molar-refractivity contribution in [2.45, 2.75) is 58.4 Å². The summed E-state index contributed by atoms with van der Waals surface area (Å²) in [5.41, 5.74) is 9.17. The molecule has 0 saturated carbocycles. The molecule has 1 atom stereocenters. The Balaban J connectivity index is 2.94. The van der Waals surface area contributed by atoms with Crippen molar-refractivity contribution in [3.05, 3.63) is 35.4 Å². The topological polar surface area (TPSA) is 26.0 Å². The van der Waals surface area contributed by atoms with E-state index in [0.29, 0.717) is 0 Å². The molecule has 1 aromatic rings. The lowest BCUT2D eigenvalue weighted by atomic mass is 9.81. The highest BCUT2D eigenvalue weighted by molar-refractivity contribution is 5.34. The van der Waals surface area contributed by atoms with Crippen LogP contribution in [0.25, 0.3) is 0 Å². The van der Waals surface area contributed by atoms with Crippen molar-refractivity contribution in [1.29, 1.82) is 0 Å². The molecule has 1 heteroatoms. The molecule has 90 valence electrons. The van der Waals surface area contributed by atoms with Crippen LogP contribution < -0.4 is 5.73 Å². The van der Waals surface area contributed by atoms with E-state index >= 15 is 0 Å². The van der Waals surface area contributed by atoms with Crippen LogP contribution in [0.4, 0.5) is 0 Å². The van der Waals surface area contributed by atoms with Crippen LogP contribution in [-0.4, -0.2) is 0 Å². The standard InChI is InChI=1S/C15H25N/c1-5-6-11-14(16)12-9-7-8-10-13(12)15(2,3)4/h7-10,14H,5-6,11,16H2,1-4H3. The monoisotopic (exact) mass is 219 g/mol. The molecule has 0 fully saturated rings. The van der Waals surface area contributed by atoms with E-state index in [0.717, 1.165) is 6.42 Å². The minimum atomic E-state index is 0.181. The first-order valence-electron chi connectivity index (χ1n) is 6.31. The Morgan fingerprint density at radius 1 is 1.19 bits per heavy atom. The lowest BCUT2D eigenvalue weighted by molar-refractivity contribution is 0.549. The van der Waals surface area contributed by atoms with Gasteiger partial charge in [0.2, 0.25) is 0 Å². The largest absolute Gasteiger partial charge is 0.324 e. The molecule has 1 aromatic carbocycles. The summed E-state index contributed by atoms with van der Waals surface area (Å²) in [5, 5.41) is 0. The van der Waals surface area contributed by atoms with Crippen molar-refractivity contribution in [1.82, 2.24) is 0 Å². The van der Waals surface area contributed by atoms with Gasteiger partial charge in [0.15, 0.2) is 0 Å². The van der Waals surface area contributed by atoms with Gasteiger partial charge in [0.05, 0.1) is 0 Å². The highest BCUT2D eigenvalue weighted by atomic mass is 14.6. The Morgan fingerprint density at radius 3 is 2.38 bits per heavy atom. The van der Waals surface area contributed by atoms with Crippen LogP contribution in [-0.2, 0) is 5.41 Å². The second-order valence-corrected chi connectivity index (χ2v) is 5.59. The molecule has 0 aliphatic heterocycles. The molecule has 0 aromatic heterocycles. The smallest absolute Gasteiger partial charge is 0.0297 e. The minimum Gasteiger partial charge on any atom is -0.324 e. The van der Waals surface area contributed by atoms with Gasteiger partial charge < -0.3 is 5.73 Å². The Labute approximate surface area is 100 Å². The van der Waals surface area contributed by atoms with Gasteiger partial charge in [-0.1, -0.05) is 64.8 Å². The highest BCUT2D eigenvalue weighted by Crippen LogP contribution is 2.30. The number of hydrogen-bond donors (Lipinski definition) is 1. The van der Waals surface area contributed by atoms with Gasteiger partial charge in [-0.25, -0.2) is 0 Å². The van der Waals surface area contributed by atoms with Crippen molar-refractivity contribution in [3.8, 4) is 0 Å². The Bertz CT molecular complexity index is 322. The summed E-state index contributed by atoms with van der Waals surface area (Å²) in [5.74, 6) is 0. The zero-order chi connectivity index (χ0) is 12.2. The molecule has 0 aliphatic carbocycles. The molecule has 1 rings (SSSR count). The third-order valence-corrected chi connectivity index (χ3v) is 3.04. The van der Waals surface area contributed by atoms with Crippen LogP contribution in [0.2, 0.25) is 0 Å². The fraction of sp³-hybridized carbons (Fsp3) is 0.600. The van der Waals surface area contributed by atoms with Gasteiger partial charge in [0.1, 0.15) is 0 Å². The lowest BCUT2D eigenvalue weighted by Crippen LogP contribution is -2.19. The average molecular weight is 219 g/mol. The van der Waals surface area contributed by atoms with Gasteiger partial charge in [-0.15, -0.1) is 0 Å². The van der Waals surface area contributed by atoms with E-state index in [1.165, 1.54) is 24.0 Å². The fourth-order valence-corrected chi connectivity index (χ4v) is 2.08. The van der Waals surface area contributed by atoms with E-state index in [4.69, 9.17) is 5.73 Å². The fourth-order valence-electron chi connectivity index (χ4n) is 2.08. The zero-order valence-electron chi connectivity index (χ0n) is 11.1. The number of rotatable bonds is 4. The maximum atomic E-state index is 6.28. The van der Waals surface area contributed by atoms with Gasteiger partial charge in [-0.3, -0.25) is 0 Å². The lowest BCUT2D eigenvalue weighted by Gasteiger charge is -2.25. The number of unbranched alkanes of at least 4 members (excludes halogenated alkanes) is 1. The summed E-state index contributed by atoms with van der Waals surface area (Å²) in [6.07, 6.45) is 3.51. The predicted molar refractivity (Wildman–Crippen MR) is 71.6 cm³/mol. The van der Waals surface area contributed by atoms with Crippen molar-refractivity contribution in [2.24, 2.45) is 5.73 Å². The Kier molecular flexibility index (Phi) is 4.55. The summed E-state index contributed by atoms with van der Waals surface area (Å²) in [4.78, 5) is 0. The van der Waals surface area contributed by atoms with Crippen molar-refractivity contribution in [2.75, 3.05) is 0 Å². The van der Waals surface area contributed by atoms with Crippen LogP contribution >= 0.6 is 0 Å². The molecule has 1 unspecified atom stereocenters. The molecular formula is C15H25N. The first-order valence-corrected chi connectivity index (χ1v) is 6.31. The van der Waals surface area contributed by atoms with Crippen LogP contribution in [0, 0.1) is 0 Å². The van der Waals surface area contributed by atoms with Crippen LogP contribution in [0.5, 0.6) is 0 Å². The summed E-state index contributed by atoms with van der Waals surface area (Å²) in [7, 11) is 0. The second kappa shape index (κ2) is 5.49. The molecule has 0 aliphatic rings. The number of hydrogen-bond acceptors (Lipinski definition) is 1. The SMILES string of the molecule is CCCCC(N)c1ccccc1C(C)(C)C. The first kappa shape index (κ1) is 13.2. The predicted octanol–water partition coefficient (Wildman–Crippen LogP) is 4.17. The third-order valence-electron chi connectivity index (χ3n) is 3.04. The number of nitrogens with two attached hydrogens (primary N) is 1. The Morgan fingerprint density at radius 2 is 1.81 bits per heavy atom. The van der Waals surface area contributed by atoms with E-state index in [9.17, 15) is 0 Å². The van der Waals surface area contributed by atoms with E-state index < -0.39 is 0 Å². The van der Waals surface area contributed by atoms with Crippen molar-refractivity contribution in [3.63, 3.8) is 0 Å². The molecule has 16 heavy (non-hydrogen) atoms. The van der Waals surface area contributed by atoms with Crippen molar-refractivity contribution < 1.29 is 0 Å². The van der Waals surface area contributed by atoms with Crippen LogP contribution in [0.15, 0.2) is 24.3 Å². The van der Waals surface area contributed by atoms with E-state index in [1.54, 1.807) is 0 Å². The van der Waals surface area contributed by atoms with E-state index in [2.05, 4.69) is 52.0 Å². The summed E-state index contributed by atoms with van der Waals surface area (Å²) >= 11 is 0. The van der Waals surface area contributed by atoms with Gasteiger partial charge in [0, 0.05) is 6.04 Å². The van der Waals surface area contributed by atoms with Gasteiger partial charge in [-0.05, 0) is 23.0 Å². The second-order valence-electron chi connectivity index (χ2n) is 5.59. The molecule has 1 nitrogen and oxygen atoms in total. The molecule has 0 heterocycles. The number of benzene rings is 1. The molecule has 0 amide bonds. The van der Waals surface area contributed by atoms with Crippen molar-refractivity contribution >= 4 is 0 Å². The average Bonchev–Trinajstić information content (AvgIpc) is 2.24. The van der Waals surface area contributed by atoms with Gasteiger partial charge >= 0.3 is 0 Å². The quantitative estimate of drug-likeness (QED) is 0.808. The molecule has 0 spiro atoms. The summed E-state index contributed by atoms with van der Waals surface area (Å²) in [6, 6.07) is 8.78. The zero-order valence-corrected chi connectivity index (χ0v) is 11.1. The maximum Gasteiger partial charge on any atom is 0.0297 e. The van der Waals surface area contributed by atoms with Crippen LogP contribution in [0.1, 0.15) is 64.1 Å². The van der Waals surface area contributed by atoms with Gasteiger partial charge in [-0.2, -0.15) is 0 Å². The molecular weight excluding hydrogens is 194 g/mol. The molecule has 0 bridgehead atoms.